The zero-order valence-electron chi connectivity index (χ0n) is 26.2. The summed E-state index contributed by atoms with van der Waals surface area (Å²) >= 11 is 0. The number of hydrogen-bond acceptors (Lipinski definition) is 9. The highest BCUT2D eigenvalue weighted by Gasteiger charge is 2.52. The highest BCUT2D eigenvalue weighted by Crippen LogP contribution is 2.54. The molecule has 0 amide bonds. The Morgan fingerprint density at radius 2 is 1.79 bits per heavy atom. The second kappa shape index (κ2) is 14.0. The number of allylic oxidation sites excluding steroid dienone is 5. The summed E-state index contributed by atoms with van der Waals surface area (Å²) in [6, 6.07) is 0. The lowest BCUT2D eigenvalue weighted by Crippen LogP contribution is -2.59. The Hall–Kier alpha value is -1.88. The smallest absolute Gasteiger partial charge is 0.307 e. The third kappa shape index (κ3) is 6.72. The third-order valence-corrected chi connectivity index (χ3v) is 10.5. The maximum Gasteiger partial charge on any atom is 0.307 e. The number of hydrogen-bond donors (Lipinski definition) is 2. The van der Waals surface area contributed by atoms with Gasteiger partial charge in [-0.2, -0.15) is 0 Å². The molecule has 14 atom stereocenters. The standard InChI is InChI=1S/C34H50O9/c1-6-7-9-21-10-8-11-28(35)18(2)30(37)27-16-25-23(26(27)17-29(36)42-21)13-12-20-14-22(15-24(20)25)43-34-31(38)33(40-5)32(39-4)19(3)41-34/h7,9,12-13,16,18-26,28,31-35,38H,6,8,10-11,14-15,17H2,1-5H3. The molecule has 2 N–H and O–H groups in total. The van der Waals surface area contributed by atoms with Gasteiger partial charge in [-0.25, -0.2) is 0 Å². The van der Waals surface area contributed by atoms with Crippen LogP contribution >= 0.6 is 0 Å². The molecule has 3 fully saturated rings. The van der Waals surface area contributed by atoms with E-state index in [9.17, 15) is 19.8 Å². The minimum absolute atomic E-state index is 0.000272. The number of rotatable bonds is 6. The number of fused-ring (bicyclic) bond motifs is 5. The monoisotopic (exact) mass is 602 g/mol. The Bertz CT molecular complexity index is 1080. The van der Waals surface area contributed by atoms with E-state index in [1.807, 2.05) is 26.0 Å². The van der Waals surface area contributed by atoms with Crippen LogP contribution in [0, 0.1) is 35.5 Å². The van der Waals surface area contributed by atoms with Crippen LogP contribution < -0.4 is 0 Å². The van der Waals surface area contributed by atoms with Crippen LogP contribution in [0.15, 0.2) is 36.0 Å². The van der Waals surface area contributed by atoms with Crippen molar-refractivity contribution >= 4 is 11.8 Å². The number of ketones is 1. The molecular weight excluding hydrogens is 552 g/mol. The molecule has 2 heterocycles. The molecule has 5 rings (SSSR count). The number of carbonyl (C=O) groups is 2. The van der Waals surface area contributed by atoms with Gasteiger partial charge >= 0.3 is 5.97 Å². The SMILES string of the molecule is CCC=CC1CCCC(O)C(C)C(=O)C2=CC3C(C=CC4CC(OC5OC(C)C(OC)C(OC)C5O)CC43)C2CC(=O)O1. The van der Waals surface area contributed by atoms with Crippen LogP contribution in [0.5, 0.6) is 0 Å². The van der Waals surface area contributed by atoms with Crippen molar-refractivity contribution in [3.63, 3.8) is 0 Å². The summed E-state index contributed by atoms with van der Waals surface area (Å²) in [6.07, 6.45) is 10.4. The Kier molecular flexibility index (Phi) is 10.6. The fourth-order valence-corrected chi connectivity index (χ4v) is 8.18. The van der Waals surface area contributed by atoms with Crippen LogP contribution in [0.4, 0.5) is 0 Å². The van der Waals surface area contributed by atoms with Crippen molar-refractivity contribution in [3.05, 3.63) is 36.0 Å². The van der Waals surface area contributed by atoms with E-state index < -0.39 is 36.6 Å². The lowest BCUT2D eigenvalue weighted by atomic mass is 9.70. The molecule has 43 heavy (non-hydrogen) atoms. The van der Waals surface area contributed by atoms with Gasteiger partial charge in [-0.15, -0.1) is 0 Å². The molecule has 0 aromatic heterocycles. The summed E-state index contributed by atoms with van der Waals surface area (Å²) in [4.78, 5) is 27.1. The first kappa shape index (κ1) is 32.5. The molecule has 14 unspecified atom stereocenters. The number of carbonyl (C=O) groups excluding carboxylic acids is 2. The summed E-state index contributed by atoms with van der Waals surface area (Å²) in [6.45, 7) is 5.74. The van der Waals surface area contributed by atoms with E-state index in [0.29, 0.717) is 24.8 Å². The van der Waals surface area contributed by atoms with Crippen molar-refractivity contribution in [2.75, 3.05) is 14.2 Å². The number of methoxy groups -OCH3 is 2. The molecular formula is C34H50O9. The average molecular weight is 603 g/mol. The molecule has 5 aliphatic rings. The second-order valence-corrected chi connectivity index (χ2v) is 13.1. The molecule has 2 saturated heterocycles. The molecule has 240 valence electrons. The average Bonchev–Trinajstić information content (AvgIpc) is 3.56. The third-order valence-electron chi connectivity index (χ3n) is 10.5. The topological polar surface area (TPSA) is 121 Å². The number of cyclic esters (lactones) is 1. The number of aliphatic hydroxyl groups excluding tert-OH is 2. The molecule has 0 bridgehead atoms. The highest BCUT2D eigenvalue weighted by atomic mass is 16.7. The quantitative estimate of drug-likeness (QED) is 0.344. The Labute approximate surface area is 255 Å². The summed E-state index contributed by atoms with van der Waals surface area (Å²) in [5, 5.41) is 21.9. The van der Waals surface area contributed by atoms with Crippen LogP contribution in [0.2, 0.25) is 0 Å². The first-order valence-electron chi connectivity index (χ1n) is 16.2. The minimum Gasteiger partial charge on any atom is -0.458 e. The molecule has 9 nitrogen and oxygen atoms in total. The molecule has 1 saturated carbocycles. The van der Waals surface area contributed by atoms with E-state index in [4.69, 9.17) is 23.7 Å². The fraction of sp³-hybridized carbons (Fsp3) is 0.765. The van der Waals surface area contributed by atoms with E-state index in [1.165, 1.54) is 0 Å². The number of ether oxygens (including phenoxy) is 5. The molecule has 0 aromatic rings. The van der Waals surface area contributed by atoms with Crippen LogP contribution in [0.25, 0.3) is 0 Å². The maximum atomic E-state index is 13.8. The van der Waals surface area contributed by atoms with Gasteiger partial charge < -0.3 is 33.9 Å². The van der Waals surface area contributed by atoms with Gasteiger partial charge in [0.15, 0.2) is 12.1 Å². The lowest BCUT2D eigenvalue weighted by molar-refractivity contribution is -0.310. The summed E-state index contributed by atoms with van der Waals surface area (Å²) in [5.74, 6) is -0.623. The highest BCUT2D eigenvalue weighted by molar-refractivity contribution is 5.99. The first-order valence-corrected chi connectivity index (χ1v) is 16.2. The van der Waals surface area contributed by atoms with Gasteiger partial charge in [0.05, 0.1) is 24.7 Å². The summed E-state index contributed by atoms with van der Waals surface area (Å²) in [7, 11) is 3.13. The first-order chi connectivity index (χ1) is 20.7. The van der Waals surface area contributed by atoms with Crippen LogP contribution in [-0.4, -0.2) is 85.2 Å². The Morgan fingerprint density at radius 3 is 2.51 bits per heavy atom. The Morgan fingerprint density at radius 1 is 1.02 bits per heavy atom. The van der Waals surface area contributed by atoms with Gasteiger partial charge in [-0.05, 0) is 80.8 Å². The van der Waals surface area contributed by atoms with Gasteiger partial charge in [0, 0.05) is 26.1 Å². The largest absolute Gasteiger partial charge is 0.458 e. The molecule has 9 heteroatoms. The van der Waals surface area contributed by atoms with Crippen molar-refractivity contribution in [1.29, 1.82) is 0 Å². The van der Waals surface area contributed by atoms with Crippen molar-refractivity contribution in [1.82, 2.24) is 0 Å². The van der Waals surface area contributed by atoms with Gasteiger partial charge in [0.1, 0.15) is 24.4 Å². The minimum atomic E-state index is -0.991. The zero-order valence-corrected chi connectivity index (χ0v) is 26.2. The van der Waals surface area contributed by atoms with E-state index in [1.54, 1.807) is 21.1 Å². The van der Waals surface area contributed by atoms with Crippen molar-refractivity contribution in [2.45, 2.75) is 115 Å². The maximum absolute atomic E-state index is 13.8. The van der Waals surface area contributed by atoms with E-state index in [2.05, 4.69) is 18.2 Å². The van der Waals surface area contributed by atoms with E-state index >= 15 is 0 Å². The predicted molar refractivity (Wildman–Crippen MR) is 159 cm³/mol. The lowest BCUT2D eigenvalue weighted by Gasteiger charge is -2.42. The van der Waals surface area contributed by atoms with Crippen LogP contribution in [0.1, 0.15) is 65.7 Å². The van der Waals surface area contributed by atoms with Crippen molar-refractivity contribution in [3.8, 4) is 0 Å². The second-order valence-electron chi connectivity index (χ2n) is 13.1. The Balaban J connectivity index is 1.33. The van der Waals surface area contributed by atoms with E-state index in [0.717, 1.165) is 19.3 Å². The van der Waals surface area contributed by atoms with E-state index in [-0.39, 0.29) is 66.1 Å². The fourth-order valence-electron chi connectivity index (χ4n) is 8.18. The molecule has 3 aliphatic carbocycles. The number of Topliss-reactive ketones (excluding diaryl/α,β-unsaturated/α-hetero) is 1. The summed E-state index contributed by atoms with van der Waals surface area (Å²) in [5.41, 5.74) is 0.655. The van der Waals surface area contributed by atoms with Gasteiger partial charge in [0.2, 0.25) is 0 Å². The zero-order chi connectivity index (χ0) is 30.8. The normalized spacial score (nSPS) is 45.5. The predicted octanol–water partition coefficient (Wildman–Crippen LogP) is 3.91. The number of esters is 1. The number of aliphatic hydroxyl groups is 2. The van der Waals surface area contributed by atoms with Gasteiger partial charge in [0.25, 0.3) is 0 Å². The van der Waals surface area contributed by atoms with Gasteiger partial charge in [-0.3, -0.25) is 9.59 Å². The van der Waals surface area contributed by atoms with Crippen molar-refractivity contribution < 1.29 is 43.5 Å². The van der Waals surface area contributed by atoms with Gasteiger partial charge in [-0.1, -0.05) is 38.2 Å². The molecule has 0 spiro atoms. The van der Waals surface area contributed by atoms with Crippen LogP contribution in [0.3, 0.4) is 0 Å². The molecule has 2 aliphatic heterocycles. The molecule has 0 radical (unpaired) electrons. The summed E-state index contributed by atoms with van der Waals surface area (Å²) < 4.78 is 29.4. The van der Waals surface area contributed by atoms with Crippen molar-refractivity contribution in [2.24, 2.45) is 35.5 Å². The van der Waals surface area contributed by atoms with Crippen LogP contribution in [-0.2, 0) is 33.3 Å². The molecule has 0 aromatic carbocycles.